The highest BCUT2D eigenvalue weighted by atomic mass is 35.5. The molecule has 0 fully saturated rings. The Balaban J connectivity index is 1.94. The Morgan fingerprint density at radius 1 is 1.23 bits per heavy atom. The van der Waals surface area contributed by atoms with Crippen LogP contribution < -0.4 is 16.0 Å². The maximum atomic E-state index is 12.7. The minimum Gasteiger partial charge on any atom is -0.491 e. The first kappa shape index (κ1) is 21.9. The normalized spacial score (nSPS) is 12.3. The van der Waals surface area contributed by atoms with Crippen LogP contribution in [0.3, 0.4) is 0 Å². The Labute approximate surface area is 179 Å². The second-order valence-corrected chi connectivity index (χ2v) is 7.86. The molecule has 2 heterocycles. The van der Waals surface area contributed by atoms with Gasteiger partial charge in [-0.3, -0.25) is 18.7 Å². The predicted octanol–water partition coefficient (Wildman–Crippen LogP) is 0.704. The van der Waals surface area contributed by atoms with Crippen molar-refractivity contribution in [3.05, 3.63) is 50.1 Å². The Kier molecular flexibility index (Phi) is 6.54. The first-order valence-electron chi connectivity index (χ1n) is 8.76. The molecule has 3 aromatic rings. The summed E-state index contributed by atoms with van der Waals surface area (Å²) in [5.41, 5.74) is -0.938. The second-order valence-electron chi connectivity index (χ2n) is 6.48. The van der Waals surface area contributed by atoms with Crippen LogP contribution in [-0.2, 0) is 25.4 Å². The van der Waals surface area contributed by atoms with E-state index in [9.17, 15) is 19.5 Å². The fourth-order valence-electron chi connectivity index (χ4n) is 2.82. The van der Waals surface area contributed by atoms with Gasteiger partial charge < -0.3 is 19.5 Å². The third kappa shape index (κ3) is 4.53. The van der Waals surface area contributed by atoms with Gasteiger partial charge in [0.2, 0.25) is 0 Å². The molecule has 0 spiro atoms. The van der Waals surface area contributed by atoms with Gasteiger partial charge in [0.25, 0.3) is 5.56 Å². The number of aliphatic hydroxyl groups is 1. The number of thioether (sulfide) groups is 1. The molecular formula is C18H19ClN4O6S. The highest BCUT2D eigenvalue weighted by Crippen LogP contribution is 2.22. The molecule has 0 aliphatic heterocycles. The van der Waals surface area contributed by atoms with E-state index in [1.807, 2.05) is 0 Å². The van der Waals surface area contributed by atoms with E-state index >= 15 is 0 Å². The lowest BCUT2D eigenvalue weighted by atomic mass is 10.3. The first-order valence-corrected chi connectivity index (χ1v) is 10.1. The van der Waals surface area contributed by atoms with Gasteiger partial charge in [-0.1, -0.05) is 23.4 Å². The van der Waals surface area contributed by atoms with Crippen molar-refractivity contribution in [1.29, 1.82) is 0 Å². The molecule has 0 saturated carbocycles. The van der Waals surface area contributed by atoms with Crippen molar-refractivity contribution >= 4 is 40.5 Å². The van der Waals surface area contributed by atoms with Gasteiger partial charge in [0.05, 0.1) is 12.3 Å². The number of fused-ring (bicyclic) bond motifs is 1. The SMILES string of the molecule is Cn1c(=O)c2c(nc(SCC(=O)O)n2C[C@@H](O)COc2ccc(Cl)cc2)n(C)c1=O. The zero-order valence-electron chi connectivity index (χ0n) is 16.1. The highest BCUT2D eigenvalue weighted by molar-refractivity contribution is 7.99. The number of hydrogen-bond acceptors (Lipinski definition) is 7. The highest BCUT2D eigenvalue weighted by Gasteiger charge is 2.22. The maximum Gasteiger partial charge on any atom is 0.332 e. The number of ether oxygens (including phenoxy) is 1. The average molecular weight is 455 g/mol. The zero-order chi connectivity index (χ0) is 22.0. The molecule has 1 atom stereocenters. The summed E-state index contributed by atoms with van der Waals surface area (Å²) in [6, 6.07) is 6.61. The van der Waals surface area contributed by atoms with Crippen LogP contribution in [0.1, 0.15) is 0 Å². The summed E-state index contributed by atoms with van der Waals surface area (Å²) < 4.78 is 9.09. The molecule has 2 N–H and O–H groups in total. The van der Waals surface area contributed by atoms with Gasteiger partial charge in [-0.05, 0) is 24.3 Å². The molecule has 0 bridgehead atoms. The number of rotatable bonds is 8. The lowest BCUT2D eigenvalue weighted by Crippen LogP contribution is -2.38. The molecule has 30 heavy (non-hydrogen) atoms. The third-order valence-corrected chi connectivity index (χ3v) is 5.50. The number of aromatic nitrogens is 4. The summed E-state index contributed by atoms with van der Waals surface area (Å²) in [7, 11) is 2.80. The summed E-state index contributed by atoms with van der Waals surface area (Å²) in [4.78, 5) is 40.2. The van der Waals surface area contributed by atoms with Crippen molar-refractivity contribution < 1.29 is 19.7 Å². The third-order valence-electron chi connectivity index (χ3n) is 4.29. The van der Waals surface area contributed by atoms with Crippen molar-refractivity contribution in [3.8, 4) is 5.75 Å². The average Bonchev–Trinajstić information content (AvgIpc) is 3.07. The monoisotopic (exact) mass is 454 g/mol. The van der Waals surface area contributed by atoms with Crippen molar-refractivity contribution in [1.82, 2.24) is 18.7 Å². The van der Waals surface area contributed by atoms with Gasteiger partial charge >= 0.3 is 11.7 Å². The number of aliphatic hydroxyl groups excluding tert-OH is 1. The van der Waals surface area contributed by atoms with E-state index < -0.39 is 23.3 Å². The number of aliphatic carboxylic acids is 1. The smallest absolute Gasteiger partial charge is 0.332 e. The number of benzene rings is 1. The summed E-state index contributed by atoms with van der Waals surface area (Å²) in [5.74, 6) is -0.852. The number of carboxylic acid groups (broad SMARTS) is 1. The van der Waals surface area contributed by atoms with Gasteiger partial charge in [-0.25, -0.2) is 9.78 Å². The van der Waals surface area contributed by atoms with E-state index in [1.165, 1.54) is 23.2 Å². The van der Waals surface area contributed by atoms with Gasteiger partial charge in [-0.15, -0.1) is 0 Å². The van der Waals surface area contributed by atoms with E-state index in [2.05, 4.69) is 4.98 Å². The van der Waals surface area contributed by atoms with Crippen molar-refractivity contribution in [3.63, 3.8) is 0 Å². The molecule has 0 aliphatic rings. The molecule has 12 heteroatoms. The molecule has 1 aromatic carbocycles. The van der Waals surface area contributed by atoms with Crippen LogP contribution in [0.2, 0.25) is 5.02 Å². The molecule has 3 rings (SSSR count). The van der Waals surface area contributed by atoms with Crippen LogP contribution in [-0.4, -0.2) is 53.3 Å². The van der Waals surface area contributed by atoms with E-state index in [0.29, 0.717) is 10.8 Å². The van der Waals surface area contributed by atoms with E-state index in [4.69, 9.17) is 21.4 Å². The molecule has 0 saturated heterocycles. The number of carbonyl (C=O) groups is 1. The number of halogens is 1. The summed E-state index contributed by atoms with van der Waals surface area (Å²) in [6.07, 6.45) is -1.04. The van der Waals surface area contributed by atoms with Crippen LogP contribution in [0.15, 0.2) is 39.0 Å². The summed E-state index contributed by atoms with van der Waals surface area (Å²) >= 11 is 6.72. The minimum atomic E-state index is -1.06. The molecule has 10 nitrogen and oxygen atoms in total. The predicted molar refractivity (Wildman–Crippen MR) is 112 cm³/mol. The topological polar surface area (TPSA) is 129 Å². The number of carboxylic acids is 1. The lowest BCUT2D eigenvalue weighted by Gasteiger charge is -2.15. The second kappa shape index (κ2) is 8.94. The Hall–Kier alpha value is -2.76. The Bertz CT molecular complexity index is 1200. The summed E-state index contributed by atoms with van der Waals surface area (Å²) in [5, 5.41) is 20.2. The molecule has 0 unspecified atom stereocenters. The van der Waals surface area contributed by atoms with E-state index in [1.54, 1.807) is 24.3 Å². The lowest BCUT2D eigenvalue weighted by molar-refractivity contribution is -0.133. The molecule has 0 amide bonds. The number of aryl methyl sites for hydroxylation is 1. The van der Waals surface area contributed by atoms with Crippen LogP contribution in [0.5, 0.6) is 5.75 Å². The zero-order valence-corrected chi connectivity index (χ0v) is 17.7. The molecule has 0 radical (unpaired) electrons. The molecule has 160 valence electrons. The van der Waals surface area contributed by atoms with E-state index in [-0.39, 0.29) is 35.2 Å². The Morgan fingerprint density at radius 2 is 1.90 bits per heavy atom. The van der Waals surface area contributed by atoms with Crippen LogP contribution in [0.25, 0.3) is 11.2 Å². The van der Waals surface area contributed by atoms with Crippen LogP contribution in [0, 0.1) is 0 Å². The maximum absolute atomic E-state index is 12.7. The fourth-order valence-corrected chi connectivity index (χ4v) is 3.67. The molecule has 0 aliphatic carbocycles. The van der Waals surface area contributed by atoms with Gasteiger partial charge in [0, 0.05) is 19.1 Å². The molecular weight excluding hydrogens is 436 g/mol. The summed E-state index contributed by atoms with van der Waals surface area (Å²) in [6.45, 7) is -0.171. The first-order chi connectivity index (χ1) is 14.2. The van der Waals surface area contributed by atoms with Crippen LogP contribution in [0.4, 0.5) is 0 Å². The quantitative estimate of drug-likeness (QED) is 0.476. The minimum absolute atomic E-state index is 0.0838. The van der Waals surface area contributed by atoms with Crippen molar-refractivity contribution in [2.75, 3.05) is 12.4 Å². The number of hydrogen-bond donors (Lipinski definition) is 2. The number of nitrogens with zero attached hydrogens (tertiary/aromatic N) is 4. The molecule has 2 aromatic heterocycles. The van der Waals surface area contributed by atoms with E-state index in [0.717, 1.165) is 16.3 Å². The van der Waals surface area contributed by atoms with Crippen molar-refractivity contribution in [2.45, 2.75) is 17.8 Å². The largest absolute Gasteiger partial charge is 0.491 e. The number of imidazole rings is 1. The Morgan fingerprint density at radius 3 is 2.53 bits per heavy atom. The fraction of sp³-hybridized carbons (Fsp3) is 0.333. The van der Waals surface area contributed by atoms with Crippen LogP contribution >= 0.6 is 23.4 Å². The van der Waals surface area contributed by atoms with Gasteiger partial charge in [-0.2, -0.15) is 0 Å². The van der Waals surface area contributed by atoms with Crippen molar-refractivity contribution in [2.24, 2.45) is 14.1 Å². The van der Waals surface area contributed by atoms with Gasteiger partial charge in [0.15, 0.2) is 16.3 Å². The standard InChI is InChI=1S/C18H19ClN4O6S/c1-21-15-14(16(27)22(2)18(21)28)23(17(20-15)30-9-13(25)26)7-11(24)8-29-12-5-3-10(19)4-6-12/h3-6,11,24H,7-9H2,1-2H3,(H,25,26)/t11-/m1/s1. The van der Waals surface area contributed by atoms with Gasteiger partial charge in [0.1, 0.15) is 18.5 Å².